The lowest BCUT2D eigenvalue weighted by Gasteiger charge is -2.42. The molecular weight excluding hydrogens is 440 g/mol. The molecule has 9 heteroatoms. The molecule has 0 saturated carbocycles. The van der Waals surface area contributed by atoms with E-state index in [4.69, 9.17) is 0 Å². The van der Waals surface area contributed by atoms with E-state index >= 15 is 0 Å². The van der Waals surface area contributed by atoms with Crippen LogP contribution in [0.15, 0.2) is 70.6 Å². The van der Waals surface area contributed by atoms with E-state index in [2.05, 4.69) is 10.3 Å². The highest BCUT2D eigenvalue weighted by Crippen LogP contribution is 2.37. The third-order valence-electron chi connectivity index (χ3n) is 6.36. The quantitative estimate of drug-likeness (QED) is 0.640. The van der Waals surface area contributed by atoms with E-state index in [-0.39, 0.29) is 28.2 Å². The monoisotopic (exact) mass is 464 g/mol. The number of hydrogen-bond acceptors (Lipinski definition) is 5. The highest BCUT2D eigenvalue weighted by atomic mass is 32.2. The first-order valence-electron chi connectivity index (χ1n) is 10.8. The van der Waals surface area contributed by atoms with Crippen molar-refractivity contribution in [1.29, 1.82) is 0 Å². The first-order valence-corrected chi connectivity index (χ1v) is 12.3. The average Bonchev–Trinajstić information content (AvgIpc) is 2.80. The number of carbonyl (C=O) groups excluding carboxylic acids is 1. The Morgan fingerprint density at radius 3 is 2.55 bits per heavy atom. The summed E-state index contributed by atoms with van der Waals surface area (Å²) in [5, 5.41) is 2.64. The number of nitrogens with zero attached hydrogens (tertiary/aromatic N) is 3. The summed E-state index contributed by atoms with van der Waals surface area (Å²) in [5.74, 6) is -0.192. The Balaban J connectivity index is 1.43. The van der Waals surface area contributed by atoms with Gasteiger partial charge in [-0.1, -0.05) is 6.07 Å². The van der Waals surface area contributed by atoms with Crippen molar-refractivity contribution < 1.29 is 13.2 Å². The molecular formula is C24H24N4O4S. The van der Waals surface area contributed by atoms with Crippen molar-refractivity contribution in [3.8, 4) is 11.1 Å². The van der Waals surface area contributed by atoms with Gasteiger partial charge in [0.2, 0.25) is 15.9 Å². The predicted octanol–water partition coefficient (Wildman–Crippen LogP) is 2.68. The smallest absolute Gasteiger partial charge is 0.258 e. The number of pyridine rings is 2. The molecule has 1 N–H and O–H groups in total. The zero-order chi connectivity index (χ0) is 23.2. The summed E-state index contributed by atoms with van der Waals surface area (Å²) >= 11 is 0. The molecule has 4 heterocycles. The lowest BCUT2D eigenvalue weighted by Crippen LogP contribution is -2.49. The molecule has 0 aliphatic carbocycles. The first kappa shape index (κ1) is 21.5. The van der Waals surface area contributed by atoms with Crippen molar-refractivity contribution in [2.45, 2.75) is 30.7 Å². The summed E-state index contributed by atoms with van der Waals surface area (Å²) in [6.45, 7) is 2.60. The van der Waals surface area contributed by atoms with Crippen LogP contribution >= 0.6 is 0 Å². The van der Waals surface area contributed by atoms with Gasteiger partial charge in [-0.05, 0) is 54.8 Å². The maximum Gasteiger partial charge on any atom is 0.258 e. The maximum atomic E-state index is 13.3. The van der Waals surface area contributed by atoms with Gasteiger partial charge in [0.05, 0.1) is 4.90 Å². The summed E-state index contributed by atoms with van der Waals surface area (Å²) < 4.78 is 30.0. The summed E-state index contributed by atoms with van der Waals surface area (Å²) in [5.41, 5.74) is 2.76. The van der Waals surface area contributed by atoms with Gasteiger partial charge in [0.25, 0.3) is 5.56 Å². The molecule has 2 aliphatic heterocycles. The Labute approximate surface area is 191 Å². The van der Waals surface area contributed by atoms with Crippen LogP contribution in [-0.4, -0.2) is 41.3 Å². The number of piperidine rings is 1. The van der Waals surface area contributed by atoms with Crippen LogP contribution < -0.4 is 10.9 Å². The van der Waals surface area contributed by atoms with Gasteiger partial charge in [-0.2, -0.15) is 4.31 Å². The fourth-order valence-electron chi connectivity index (χ4n) is 4.90. The molecule has 1 amide bonds. The van der Waals surface area contributed by atoms with Crippen LogP contribution in [0.1, 0.15) is 25.0 Å². The molecule has 170 valence electrons. The van der Waals surface area contributed by atoms with E-state index in [9.17, 15) is 18.0 Å². The van der Waals surface area contributed by atoms with Crippen LogP contribution in [0.2, 0.25) is 0 Å². The minimum Gasteiger partial charge on any atom is -0.326 e. The normalized spacial score (nSPS) is 20.2. The minimum absolute atomic E-state index is 0.0402. The topological polar surface area (TPSA) is 101 Å². The van der Waals surface area contributed by atoms with Gasteiger partial charge in [0.1, 0.15) is 0 Å². The van der Waals surface area contributed by atoms with Crippen LogP contribution in [0.4, 0.5) is 5.69 Å². The van der Waals surface area contributed by atoms with E-state index in [1.54, 1.807) is 30.6 Å². The van der Waals surface area contributed by atoms with Crippen molar-refractivity contribution in [2.75, 3.05) is 18.4 Å². The number of nitrogens with one attached hydrogen (secondary N) is 1. The van der Waals surface area contributed by atoms with Crippen molar-refractivity contribution in [1.82, 2.24) is 13.9 Å². The van der Waals surface area contributed by atoms with Gasteiger partial charge in [-0.15, -0.1) is 0 Å². The molecule has 2 aromatic heterocycles. The van der Waals surface area contributed by atoms with Crippen LogP contribution in [-0.2, 0) is 21.4 Å². The van der Waals surface area contributed by atoms with Crippen LogP contribution in [0.25, 0.3) is 11.1 Å². The molecule has 2 bridgehead atoms. The lowest BCUT2D eigenvalue weighted by atomic mass is 9.84. The van der Waals surface area contributed by atoms with Crippen molar-refractivity contribution >= 4 is 21.6 Å². The molecule has 3 aromatic rings. The molecule has 5 rings (SSSR count). The van der Waals surface area contributed by atoms with E-state index < -0.39 is 10.0 Å². The Hall–Kier alpha value is -3.30. The molecule has 2 atom stereocenters. The third-order valence-corrected chi connectivity index (χ3v) is 8.20. The molecule has 2 unspecified atom stereocenters. The Kier molecular flexibility index (Phi) is 5.38. The number of amides is 1. The van der Waals surface area contributed by atoms with Crippen LogP contribution in [0.3, 0.4) is 0 Å². The van der Waals surface area contributed by atoms with E-state index in [0.717, 1.165) is 17.7 Å². The largest absolute Gasteiger partial charge is 0.326 e. The molecule has 1 aromatic carbocycles. The predicted molar refractivity (Wildman–Crippen MR) is 124 cm³/mol. The van der Waals surface area contributed by atoms with Gasteiger partial charge < -0.3 is 9.88 Å². The molecule has 8 nitrogen and oxygen atoms in total. The summed E-state index contributed by atoms with van der Waals surface area (Å²) in [7, 11) is -3.69. The molecule has 1 fully saturated rings. The fourth-order valence-corrected chi connectivity index (χ4v) is 6.46. The first-order chi connectivity index (χ1) is 15.8. The zero-order valence-corrected chi connectivity index (χ0v) is 19.0. The van der Waals surface area contributed by atoms with E-state index in [1.807, 2.05) is 22.8 Å². The van der Waals surface area contributed by atoms with Gasteiger partial charge >= 0.3 is 0 Å². The van der Waals surface area contributed by atoms with Crippen molar-refractivity contribution in [2.24, 2.45) is 5.92 Å². The average molecular weight is 465 g/mol. The number of rotatable bonds is 4. The fraction of sp³-hybridized carbons (Fsp3) is 0.292. The van der Waals surface area contributed by atoms with Crippen molar-refractivity contribution in [3.63, 3.8) is 0 Å². The number of hydrogen-bond donors (Lipinski definition) is 1. The second-order valence-electron chi connectivity index (χ2n) is 8.66. The van der Waals surface area contributed by atoms with Crippen molar-refractivity contribution in [3.05, 3.63) is 77.0 Å². The Morgan fingerprint density at radius 1 is 1.06 bits per heavy atom. The second-order valence-corrected chi connectivity index (χ2v) is 10.6. The Morgan fingerprint density at radius 2 is 1.85 bits per heavy atom. The second kappa shape index (κ2) is 8.24. The highest BCUT2D eigenvalue weighted by Gasteiger charge is 2.39. The van der Waals surface area contributed by atoms with Crippen LogP contribution in [0, 0.1) is 5.92 Å². The number of anilines is 1. The van der Waals surface area contributed by atoms with Gasteiger partial charge in [-0.25, -0.2) is 8.42 Å². The number of aromatic nitrogens is 2. The molecule has 1 saturated heterocycles. The third kappa shape index (κ3) is 3.98. The van der Waals surface area contributed by atoms with Gasteiger partial charge in [0.15, 0.2) is 0 Å². The zero-order valence-electron chi connectivity index (χ0n) is 18.1. The van der Waals surface area contributed by atoms with Crippen LogP contribution in [0.5, 0.6) is 0 Å². The summed E-state index contributed by atoms with van der Waals surface area (Å²) in [6.07, 6.45) is 4.21. The van der Waals surface area contributed by atoms with Gasteiger partial charge in [0, 0.05) is 67.4 Å². The van der Waals surface area contributed by atoms with E-state index in [0.29, 0.717) is 30.9 Å². The minimum atomic E-state index is -3.69. The summed E-state index contributed by atoms with van der Waals surface area (Å²) in [4.78, 5) is 28.8. The Bertz CT molecular complexity index is 1370. The highest BCUT2D eigenvalue weighted by molar-refractivity contribution is 7.89. The summed E-state index contributed by atoms with van der Waals surface area (Å²) in [6, 6.07) is 13.7. The number of carbonyl (C=O) groups is 1. The van der Waals surface area contributed by atoms with E-state index in [1.165, 1.54) is 23.4 Å². The number of sulfonamides is 1. The molecule has 0 spiro atoms. The molecule has 0 radical (unpaired) electrons. The number of benzene rings is 1. The standard InChI is InChI=1S/C24H24N4O4S/c1-16(29)26-20-4-6-21(7-5-20)33(31,32)27-13-17-11-19(15-27)23-9-8-22(24(30)28(23)14-17)18-3-2-10-25-12-18/h2-10,12,17,19H,11,13-15H2,1H3,(H,26,29). The maximum absolute atomic E-state index is 13.3. The molecule has 2 aliphatic rings. The molecule has 33 heavy (non-hydrogen) atoms. The van der Waals surface area contributed by atoms with Gasteiger partial charge in [-0.3, -0.25) is 14.6 Å². The lowest BCUT2D eigenvalue weighted by molar-refractivity contribution is -0.114. The SMILES string of the molecule is CC(=O)Nc1ccc(S(=O)(=O)N2CC3CC(C2)c2ccc(-c4cccnc4)c(=O)n2C3)cc1. The number of fused-ring (bicyclic) bond motifs is 4.